The summed E-state index contributed by atoms with van der Waals surface area (Å²) in [5, 5.41) is 0. The molecule has 0 aromatic heterocycles. The third-order valence-electron chi connectivity index (χ3n) is 4.33. The number of rotatable bonds is 0. The van der Waals surface area contributed by atoms with Crippen LogP contribution in [0, 0.1) is 11.3 Å². The minimum Gasteiger partial charge on any atom is -0.375 e. The van der Waals surface area contributed by atoms with Crippen LogP contribution in [0.5, 0.6) is 0 Å². The monoisotopic (exact) mass is 211 g/mol. The number of hydrogen-bond acceptors (Lipinski definition) is 2. The molecule has 0 radical (unpaired) electrons. The molecule has 0 aromatic carbocycles. The summed E-state index contributed by atoms with van der Waals surface area (Å²) in [5.41, 5.74) is 0.650. The zero-order valence-electron chi connectivity index (χ0n) is 10.7. The topological polar surface area (TPSA) is 12.5 Å². The van der Waals surface area contributed by atoms with Gasteiger partial charge >= 0.3 is 0 Å². The van der Waals surface area contributed by atoms with Crippen LogP contribution in [0.25, 0.3) is 0 Å². The quantitative estimate of drug-likeness (QED) is 0.610. The van der Waals surface area contributed by atoms with Gasteiger partial charge in [0.15, 0.2) is 0 Å². The van der Waals surface area contributed by atoms with Crippen molar-refractivity contribution in [3.05, 3.63) is 0 Å². The molecule has 1 unspecified atom stereocenters. The molecule has 2 rings (SSSR count). The lowest BCUT2D eigenvalue weighted by Crippen LogP contribution is -2.42. The SMILES string of the molecule is CN1CCC2(CC1)CC(C(C)(C)C)CO2. The highest BCUT2D eigenvalue weighted by Crippen LogP contribution is 2.44. The second-order valence-corrected chi connectivity index (χ2v) is 6.56. The highest BCUT2D eigenvalue weighted by atomic mass is 16.5. The van der Waals surface area contributed by atoms with Crippen molar-refractivity contribution >= 4 is 0 Å². The molecule has 0 aliphatic carbocycles. The maximum atomic E-state index is 6.14. The summed E-state index contributed by atoms with van der Waals surface area (Å²) in [4.78, 5) is 2.42. The zero-order chi connectivity index (χ0) is 11.1. The Bertz CT molecular complexity index is 223. The van der Waals surface area contributed by atoms with Crippen molar-refractivity contribution in [1.29, 1.82) is 0 Å². The van der Waals surface area contributed by atoms with Gasteiger partial charge in [0.25, 0.3) is 0 Å². The summed E-state index contributed by atoms with van der Waals surface area (Å²) >= 11 is 0. The fourth-order valence-corrected chi connectivity index (χ4v) is 2.77. The molecular formula is C13H25NO. The molecule has 88 valence electrons. The maximum Gasteiger partial charge on any atom is 0.0710 e. The summed E-state index contributed by atoms with van der Waals surface area (Å²) in [6, 6.07) is 0. The Morgan fingerprint density at radius 1 is 1.20 bits per heavy atom. The van der Waals surface area contributed by atoms with Crippen LogP contribution >= 0.6 is 0 Å². The van der Waals surface area contributed by atoms with Crippen molar-refractivity contribution in [3.8, 4) is 0 Å². The summed E-state index contributed by atoms with van der Waals surface area (Å²) in [6.45, 7) is 10.4. The molecule has 0 bridgehead atoms. The molecule has 0 saturated carbocycles. The lowest BCUT2D eigenvalue weighted by molar-refractivity contribution is -0.0399. The number of nitrogens with zero attached hydrogens (tertiary/aromatic N) is 1. The van der Waals surface area contributed by atoms with Gasteiger partial charge in [0, 0.05) is 13.1 Å². The highest BCUT2D eigenvalue weighted by Gasteiger charge is 2.45. The molecule has 2 fully saturated rings. The number of piperidine rings is 1. The molecule has 2 heteroatoms. The fourth-order valence-electron chi connectivity index (χ4n) is 2.77. The van der Waals surface area contributed by atoms with Gasteiger partial charge in [0.1, 0.15) is 0 Å². The van der Waals surface area contributed by atoms with E-state index in [4.69, 9.17) is 4.74 Å². The van der Waals surface area contributed by atoms with E-state index < -0.39 is 0 Å². The molecule has 2 saturated heterocycles. The predicted octanol–water partition coefficient (Wildman–Crippen LogP) is 2.53. The van der Waals surface area contributed by atoms with Gasteiger partial charge in [-0.25, -0.2) is 0 Å². The molecule has 15 heavy (non-hydrogen) atoms. The van der Waals surface area contributed by atoms with Crippen LogP contribution in [0.2, 0.25) is 0 Å². The first-order valence-electron chi connectivity index (χ1n) is 6.24. The number of ether oxygens (including phenoxy) is 1. The summed E-state index contributed by atoms with van der Waals surface area (Å²) in [7, 11) is 2.21. The maximum absolute atomic E-state index is 6.14. The van der Waals surface area contributed by atoms with E-state index in [1.807, 2.05) is 0 Å². The van der Waals surface area contributed by atoms with Crippen LogP contribution in [-0.2, 0) is 4.74 Å². The van der Waals surface area contributed by atoms with Gasteiger partial charge in [-0.05, 0) is 37.6 Å². The summed E-state index contributed by atoms with van der Waals surface area (Å²) < 4.78 is 6.14. The lowest BCUT2D eigenvalue weighted by Gasteiger charge is -2.37. The molecule has 2 aliphatic heterocycles. The molecule has 0 amide bonds. The van der Waals surface area contributed by atoms with Gasteiger partial charge in [-0.15, -0.1) is 0 Å². The first kappa shape index (κ1) is 11.4. The minimum atomic E-state index is 0.241. The molecule has 0 aromatic rings. The van der Waals surface area contributed by atoms with Crippen molar-refractivity contribution in [2.24, 2.45) is 11.3 Å². The summed E-state index contributed by atoms with van der Waals surface area (Å²) in [6.07, 6.45) is 3.75. The van der Waals surface area contributed by atoms with Crippen LogP contribution < -0.4 is 0 Å². The first-order chi connectivity index (χ1) is 6.91. The number of likely N-dealkylation sites (tertiary alicyclic amines) is 1. The third kappa shape index (κ3) is 2.36. The molecule has 0 N–H and O–H groups in total. The van der Waals surface area contributed by atoms with E-state index in [9.17, 15) is 0 Å². The Labute approximate surface area is 94.0 Å². The molecule has 2 aliphatic rings. The average molecular weight is 211 g/mol. The van der Waals surface area contributed by atoms with Gasteiger partial charge in [0.05, 0.1) is 12.2 Å². The Kier molecular flexibility index (Phi) is 2.85. The largest absolute Gasteiger partial charge is 0.375 e. The van der Waals surface area contributed by atoms with Gasteiger partial charge in [-0.1, -0.05) is 20.8 Å². The van der Waals surface area contributed by atoms with Crippen molar-refractivity contribution in [3.63, 3.8) is 0 Å². The zero-order valence-corrected chi connectivity index (χ0v) is 10.7. The second-order valence-electron chi connectivity index (χ2n) is 6.56. The van der Waals surface area contributed by atoms with E-state index >= 15 is 0 Å². The van der Waals surface area contributed by atoms with Crippen molar-refractivity contribution < 1.29 is 4.74 Å². The minimum absolute atomic E-state index is 0.241. The second kappa shape index (κ2) is 3.74. The molecule has 2 nitrogen and oxygen atoms in total. The average Bonchev–Trinajstić information content (AvgIpc) is 2.55. The number of hydrogen-bond donors (Lipinski definition) is 0. The van der Waals surface area contributed by atoms with Crippen LogP contribution in [0.15, 0.2) is 0 Å². The predicted molar refractivity (Wildman–Crippen MR) is 63.0 cm³/mol. The van der Waals surface area contributed by atoms with E-state index in [2.05, 4.69) is 32.7 Å². The van der Waals surface area contributed by atoms with Crippen LogP contribution in [0.4, 0.5) is 0 Å². The Hall–Kier alpha value is -0.0800. The van der Waals surface area contributed by atoms with E-state index in [1.54, 1.807) is 0 Å². The smallest absolute Gasteiger partial charge is 0.0710 e. The van der Waals surface area contributed by atoms with E-state index in [0.29, 0.717) is 5.41 Å². The Morgan fingerprint density at radius 2 is 1.80 bits per heavy atom. The van der Waals surface area contributed by atoms with Crippen molar-refractivity contribution in [1.82, 2.24) is 4.90 Å². The Balaban J connectivity index is 1.97. The van der Waals surface area contributed by atoms with Crippen molar-refractivity contribution in [2.75, 3.05) is 26.7 Å². The third-order valence-corrected chi connectivity index (χ3v) is 4.33. The van der Waals surface area contributed by atoms with Crippen molar-refractivity contribution in [2.45, 2.75) is 45.6 Å². The molecular weight excluding hydrogens is 186 g/mol. The summed E-state index contributed by atoms with van der Waals surface area (Å²) in [5.74, 6) is 0.751. The Morgan fingerprint density at radius 3 is 2.27 bits per heavy atom. The highest BCUT2D eigenvalue weighted by molar-refractivity contribution is 4.95. The molecule has 1 atom stereocenters. The van der Waals surface area contributed by atoms with Gasteiger partial charge in [-0.2, -0.15) is 0 Å². The normalized spacial score (nSPS) is 32.4. The van der Waals surface area contributed by atoms with Crippen LogP contribution in [0.1, 0.15) is 40.0 Å². The van der Waals surface area contributed by atoms with Gasteiger partial charge in [-0.3, -0.25) is 0 Å². The van der Waals surface area contributed by atoms with Crippen LogP contribution in [-0.4, -0.2) is 37.2 Å². The van der Waals surface area contributed by atoms with E-state index in [-0.39, 0.29) is 5.60 Å². The molecule has 2 heterocycles. The first-order valence-corrected chi connectivity index (χ1v) is 6.24. The van der Waals surface area contributed by atoms with Gasteiger partial charge < -0.3 is 9.64 Å². The lowest BCUT2D eigenvalue weighted by atomic mass is 9.75. The van der Waals surface area contributed by atoms with Crippen LogP contribution in [0.3, 0.4) is 0 Å². The van der Waals surface area contributed by atoms with E-state index in [0.717, 1.165) is 12.5 Å². The molecule has 1 spiro atoms. The van der Waals surface area contributed by atoms with E-state index in [1.165, 1.54) is 32.4 Å². The standard InChI is InChI=1S/C13H25NO/c1-12(2,3)11-9-13(15-10-11)5-7-14(4)8-6-13/h11H,5-10H2,1-4H3. The van der Waals surface area contributed by atoms with Gasteiger partial charge in [0.2, 0.25) is 0 Å². The fraction of sp³-hybridized carbons (Fsp3) is 1.00.